The maximum absolute atomic E-state index is 12.3. The molecule has 0 N–H and O–H groups in total. The normalized spacial score (nSPS) is 22.8. The molecule has 0 radical (unpaired) electrons. The molecule has 2 saturated heterocycles. The molecule has 23 heavy (non-hydrogen) atoms. The molecule has 2 fully saturated rings. The molecule has 0 spiro atoms. The van der Waals surface area contributed by atoms with Crippen molar-refractivity contribution in [3.8, 4) is 0 Å². The molecule has 2 heterocycles. The van der Waals surface area contributed by atoms with E-state index in [1.54, 1.807) is 30.3 Å². The maximum atomic E-state index is 12.3. The Morgan fingerprint density at radius 2 is 1.78 bits per heavy atom. The summed E-state index contributed by atoms with van der Waals surface area (Å²) in [6, 6.07) is 7.65. The van der Waals surface area contributed by atoms with Crippen LogP contribution in [0.15, 0.2) is 36.5 Å². The number of allylic oxidation sites excluding steroid dienone is 1. The highest BCUT2D eigenvalue weighted by molar-refractivity contribution is 6.30. The fourth-order valence-electron chi connectivity index (χ4n) is 3.55. The van der Waals surface area contributed by atoms with Crippen LogP contribution >= 0.6 is 11.6 Å². The summed E-state index contributed by atoms with van der Waals surface area (Å²) >= 11 is 5.87. The SMILES string of the molecule is O=C(C=CN1CCCCC1CN1CCCC1)c1ccc(Cl)cc1. The summed E-state index contributed by atoms with van der Waals surface area (Å²) in [4.78, 5) is 17.2. The van der Waals surface area contributed by atoms with Crippen LogP contribution in [0.1, 0.15) is 42.5 Å². The monoisotopic (exact) mass is 332 g/mol. The van der Waals surface area contributed by atoms with Crippen LogP contribution in [-0.4, -0.2) is 47.8 Å². The Kier molecular flexibility index (Phi) is 5.74. The second-order valence-electron chi connectivity index (χ2n) is 6.58. The Bertz CT molecular complexity index is 549. The Balaban J connectivity index is 1.61. The summed E-state index contributed by atoms with van der Waals surface area (Å²) in [5.41, 5.74) is 0.693. The number of rotatable bonds is 5. The molecule has 1 unspecified atom stereocenters. The molecule has 3 rings (SSSR count). The van der Waals surface area contributed by atoms with Gasteiger partial charge in [0.25, 0.3) is 0 Å². The lowest BCUT2D eigenvalue weighted by molar-refractivity contribution is 0.104. The average molecular weight is 333 g/mol. The van der Waals surface area contributed by atoms with Gasteiger partial charge in [-0.1, -0.05) is 11.6 Å². The highest BCUT2D eigenvalue weighted by atomic mass is 35.5. The van der Waals surface area contributed by atoms with Crippen LogP contribution in [0.3, 0.4) is 0 Å². The number of halogens is 1. The fraction of sp³-hybridized carbons (Fsp3) is 0.526. The van der Waals surface area contributed by atoms with Gasteiger partial charge in [0.05, 0.1) is 0 Å². The van der Waals surface area contributed by atoms with Gasteiger partial charge in [-0.15, -0.1) is 0 Å². The number of benzene rings is 1. The molecule has 0 amide bonds. The van der Waals surface area contributed by atoms with Crippen molar-refractivity contribution in [2.45, 2.75) is 38.1 Å². The molecular weight excluding hydrogens is 308 g/mol. The van der Waals surface area contributed by atoms with Gasteiger partial charge in [0.1, 0.15) is 0 Å². The first-order valence-corrected chi connectivity index (χ1v) is 9.06. The van der Waals surface area contributed by atoms with Crippen LogP contribution in [0.5, 0.6) is 0 Å². The Morgan fingerprint density at radius 3 is 2.52 bits per heavy atom. The number of hydrogen-bond acceptors (Lipinski definition) is 3. The first-order valence-electron chi connectivity index (χ1n) is 8.68. The standard InChI is InChI=1S/C19H25ClN2O/c20-17-8-6-16(7-9-17)19(23)10-14-22-13-2-1-5-18(22)15-21-11-3-4-12-21/h6-10,14,18H,1-5,11-13,15H2. The van der Waals surface area contributed by atoms with Gasteiger partial charge in [0, 0.05) is 42.0 Å². The summed E-state index contributed by atoms with van der Waals surface area (Å²) in [5, 5.41) is 0.659. The molecule has 124 valence electrons. The lowest BCUT2D eigenvalue weighted by Gasteiger charge is -2.37. The molecule has 0 aromatic heterocycles. The zero-order valence-corrected chi connectivity index (χ0v) is 14.3. The van der Waals surface area contributed by atoms with Crippen LogP contribution in [0.25, 0.3) is 0 Å². The molecule has 0 bridgehead atoms. The molecule has 0 aliphatic carbocycles. The first-order chi connectivity index (χ1) is 11.2. The number of ketones is 1. The van der Waals surface area contributed by atoms with Crippen LogP contribution < -0.4 is 0 Å². The summed E-state index contributed by atoms with van der Waals surface area (Å²) in [6.45, 7) is 4.66. The van der Waals surface area contributed by atoms with Gasteiger partial charge in [-0.25, -0.2) is 0 Å². The molecule has 1 aromatic rings. The van der Waals surface area contributed by atoms with Crippen molar-refractivity contribution in [3.63, 3.8) is 0 Å². The van der Waals surface area contributed by atoms with E-state index in [0.29, 0.717) is 16.6 Å². The number of nitrogens with zero attached hydrogens (tertiary/aromatic N) is 2. The van der Waals surface area contributed by atoms with Gasteiger partial charge in [-0.2, -0.15) is 0 Å². The third-order valence-electron chi connectivity index (χ3n) is 4.89. The van der Waals surface area contributed by atoms with Crippen LogP contribution in [-0.2, 0) is 0 Å². The van der Waals surface area contributed by atoms with E-state index in [4.69, 9.17) is 11.6 Å². The van der Waals surface area contributed by atoms with Crippen LogP contribution in [0.2, 0.25) is 5.02 Å². The zero-order chi connectivity index (χ0) is 16.1. The van der Waals surface area contributed by atoms with E-state index in [1.165, 1.54) is 45.2 Å². The number of carbonyl (C=O) groups excluding carboxylic acids is 1. The number of hydrogen-bond donors (Lipinski definition) is 0. The highest BCUT2D eigenvalue weighted by Crippen LogP contribution is 2.20. The summed E-state index contributed by atoms with van der Waals surface area (Å²) in [7, 11) is 0. The zero-order valence-electron chi connectivity index (χ0n) is 13.6. The van der Waals surface area contributed by atoms with Gasteiger partial charge in [-0.05, 0) is 69.5 Å². The van der Waals surface area contributed by atoms with Crippen molar-refractivity contribution < 1.29 is 4.79 Å². The van der Waals surface area contributed by atoms with E-state index < -0.39 is 0 Å². The molecule has 2 aliphatic heterocycles. The largest absolute Gasteiger partial charge is 0.373 e. The third-order valence-corrected chi connectivity index (χ3v) is 5.14. The minimum absolute atomic E-state index is 0.0483. The van der Waals surface area contributed by atoms with Crippen LogP contribution in [0.4, 0.5) is 0 Å². The smallest absolute Gasteiger partial charge is 0.187 e. The molecule has 1 atom stereocenters. The Labute approximate surface area is 143 Å². The Morgan fingerprint density at radius 1 is 1.09 bits per heavy atom. The van der Waals surface area contributed by atoms with Crippen molar-refractivity contribution in [1.82, 2.24) is 9.80 Å². The van der Waals surface area contributed by atoms with Crippen molar-refractivity contribution in [2.75, 3.05) is 26.2 Å². The van der Waals surface area contributed by atoms with Crippen molar-refractivity contribution >= 4 is 17.4 Å². The lowest BCUT2D eigenvalue weighted by atomic mass is 10.0. The number of piperidine rings is 1. The van der Waals surface area contributed by atoms with Gasteiger partial charge in [0.2, 0.25) is 0 Å². The van der Waals surface area contributed by atoms with E-state index in [0.717, 1.165) is 13.1 Å². The van der Waals surface area contributed by atoms with E-state index in [2.05, 4.69) is 9.80 Å². The number of likely N-dealkylation sites (tertiary alicyclic amines) is 2. The minimum Gasteiger partial charge on any atom is -0.373 e. The molecule has 1 aromatic carbocycles. The molecular formula is C19H25ClN2O. The van der Waals surface area contributed by atoms with E-state index in [1.807, 2.05) is 6.20 Å². The molecule has 3 nitrogen and oxygen atoms in total. The van der Waals surface area contributed by atoms with Gasteiger partial charge in [-0.3, -0.25) is 4.79 Å². The Hall–Kier alpha value is -1.32. The van der Waals surface area contributed by atoms with Gasteiger partial charge < -0.3 is 9.80 Å². The third kappa shape index (κ3) is 4.58. The predicted molar refractivity (Wildman–Crippen MR) is 94.9 cm³/mol. The summed E-state index contributed by atoms with van der Waals surface area (Å²) in [6.07, 6.45) is 10.1. The lowest BCUT2D eigenvalue weighted by Crippen LogP contribution is -2.43. The first kappa shape index (κ1) is 16.5. The number of carbonyl (C=O) groups is 1. The highest BCUT2D eigenvalue weighted by Gasteiger charge is 2.23. The second kappa shape index (κ2) is 7.98. The van der Waals surface area contributed by atoms with Crippen LogP contribution in [0, 0.1) is 0 Å². The van der Waals surface area contributed by atoms with Gasteiger partial charge in [0.15, 0.2) is 5.78 Å². The summed E-state index contributed by atoms with van der Waals surface area (Å²) in [5.74, 6) is 0.0483. The molecule has 0 saturated carbocycles. The van der Waals surface area contributed by atoms with Crippen molar-refractivity contribution in [1.29, 1.82) is 0 Å². The molecule has 4 heteroatoms. The maximum Gasteiger partial charge on any atom is 0.187 e. The fourth-order valence-corrected chi connectivity index (χ4v) is 3.68. The predicted octanol–water partition coefficient (Wildman–Crippen LogP) is 3.99. The average Bonchev–Trinajstić information content (AvgIpc) is 3.07. The minimum atomic E-state index is 0.0483. The quantitative estimate of drug-likeness (QED) is 0.601. The molecule has 2 aliphatic rings. The van der Waals surface area contributed by atoms with E-state index >= 15 is 0 Å². The second-order valence-corrected chi connectivity index (χ2v) is 7.02. The summed E-state index contributed by atoms with van der Waals surface area (Å²) < 4.78 is 0. The van der Waals surface area contributed by atoms with E-state index in [9.17, 15) is 4.79 Å². The van der Waals surface area contributed by atoms with E-state index in [-0.39, 0.29) is 5.78 Å². The van der Waals surface area contributed by atoms with Crippen molar-refractivity contribution in [2.24, 2.45) is 0 Å². The topological polar surface area (TPSA) is 23.6 Å². The van der Waals surface area contributed by atoms with Crippen molar-refractivity contribution in [3.05, 3.63) is 47.1 Å². The van der Waals surface area contributed by atoms with Gasteiger partial charge >= 0.3 is 0 Å².